The summed E-state index contributed by atoms with van der Waals surface area (Å²) in [5.74, 6) is 0.279. The first kappa shape index (κ1) is 17.4. The first-order valence-corrected chi connectivity index (χ1v) is 8.20. The first-order valence-electron chi connectivity index (χ1n) is 7.40. The highest BCUT2D eigenvalue weighted by atomic mass is 79.9. The Morgan fingerprint density at radius 1 is 1.32 bits per heavy atom. The number of nitrogens with one attached hydrogen (secondary N) is 2. The van der Waals surface area contributed by atoms with Gasteiger partial charge >= 0.3 is 0 Å². The zero-order valence-corrected chi connectivity index (χ0v) is 14.9. The molecule has 8 heteroatoms. The van der Waals surface area contributed by atoms with Crippen molar-refractivity contribution >= 4 is 38.6 Å². The maximum absolute atomic E-state index is 13.9. The third-order valence-electron chi connectivity index (χ3n) is 3.48. The van der Waals surface area contributed by atoms with E-state index in [1.165, 1.54) is 13.2 Å². The predicted molar refractivity (Wildman–Crippen MR) is 95.0 cm³/mol. The van der Waals surface area contributed by atoms with Gasteiger partial charge in [-0.05, 0) is 30.3 Å². The van der Waals surface area contributed by atoms with Crippen molar-refractivity contribution in [2.75, 3.05) is 19.0 Å². The van der Waals surface area contributed by atoms with Gasteiger partial charge in [-0.2, -0.15) is 5.10 Å². The lowest BCUT2D eigenvalue weighted by Crippen LogP contribution is -2.17. The number of aromatic amines is 1. The average molecular weight is 408 g/mol. The van der Waals surface area contributed by atoms with E-state index in [1.54, 1.807) is 30.3 Å². The molecule has 0 bridgehead atoms. The molecular weight excluding hydrogens is 393 g/mol. The van der Waals surface area contributed by atoms with Crippen molar-refractivity contribution < 1.29 is 18.7 Å². The molecule has 6 nitrogen and oxygen atoms in total. The lowest BCUT2D eigenvalue weighted by Gasteiger charge is -2.08. The third-order valence-corrected chi connectivity index (χ3v) is 3.97. The highest BCUT2D eigenvalue weighted by molar-refractivity contribution is 9.10. The summed E-state index contributed by atoms with van der Waals surface area (Å²) in [6, 6.07) is 10.1. The molecule has 0 spiro atoms. The topological polar surface area (TPSA) is 76.2 Å². The van der Waals surface area contributed by atoms with Crippen molar-refractivity contribution in [3.05, 3.63) is 52.3 Å². The van der Waals surface area contributed by atoms with Crippen LogP contribution >= 0.6 is 15.9 Å². The highest BCUT2D eigenvalue weighted by Crippen LogP contribution is 2.26. The van der Waals surface area contributed by atoms with E-state index in [0.717, 1.165) is 5.52 Å². The average Bonchev–Trinajstić information content (AvgIpc) is 2.96. The molecule has 1 heterocycles. The summed E-state index contributed by atoms with van der Waals surface area (Å²) in [4.78, 5) is 11.6. The van der Waals surface area contributed by atoms with Gasteiger partial charge < -0.3 is 14.8 Å². The number of halogens is 2. The van der Waals surface area contributed by atoms with Crippen LogP contribution in [0.25, 0.3) is 10.9 Å². The van der Waals surface area contributed by atoms with Gasteiger partial charge in [0.2, 0.25) is 0 Å². The van der Waals surface area contributed by atoms with Crippen LogP contribution in [0.3, 0.4) is 0 Å². The Morgan fingerprint density at radius 2 is 2.16 bits per heavy atom. The number of ether oxygens (including phenoxy) is 2. The van der Waals surface area contributed by atoms with E-state index in [-0.39, 0.29) is 24.9 Å². The summed E-state index contributed by atoms with van der Waals surface area (Å²) < 4.78 is 25.0. The van der Waals surface area contributed by atoms with Crippen LogP contribution in [0.5, 0.6) is 5.75 Å². The van der Waals surface area contributed by atoms with Gasteiger partial charge in [-0.3, -0.25) is 9.89 Å². The normalized spacial score (nSPS) is 10.8. The largest absolute Gasteiger partial charge is 0.489 e. The number of anilines is 1. The number of hydrogen-bond acceptors (Lipinski definition) is 4. The Kier molecular flexibility index (Phi) is 5.30. The van der Waals surface area contributed by atoms with Crippen LogP contribution in [-0.4, -0.2) is 29.8 Å². The van der Waals surface area contributed by atoms with Crippen molar-refractivity contribution in [1.29, 1.82) is 0 Å². The summed E-state index contributed by atoms with van der Waals surface area (Å²) in [5, 5.41) is 10.2. The van der Waals surface area contributed by atoms with Crippen LogP contribution in [0.15, 0.2) is 40.9 Å². The molecule has 1 aromatic heterocycles. The number of H-pyrrole nitrogens is 1. The van der Waals surface area contributed by atoms with Gasteiger partial charge in [0.15, 0.2) is 5.82 Å². The standard InChI is InChI=1S/C17H15BrFN3O3/c1-24-9-16(23)20-17-13-7-12(4-5-15(13)21-22-17)25-8-10-2-3-11(18)6-14(10)19/h2-7H,8-9H2,1H3,(H2,20,21,22,23). The molecule has 0 aliphatic rings. The lowest BCUT2D eigenvalue weighted by atomic mass is 10.2. The fraction of sp³-hybridized carbons (Fsp3) is 0.176. The molecule has 3 rings (SSSR count). The Bertz CT molecular complexity index is 913. The van der Waals surface area contributed by atoms with E-state index in [0.29, 0.717) is 27.0 Å². The van der Waals surface area contributed by atoms with Gasteiger partial charge in [-0.15, -0.1) is 0 Å². The number of methoxy groups -OCH3 is 1. The number of carbonyl (C=O) groups excluding carboxylic acids is 1. The smallest absolute Gasteiger partial charge is 0.251 e. The zero-order valence-electron chi connectivity index (χ0n) is 13.3. The van der Waals surface area contributed by atoms with Crippen molar-refractivity contribution in [2.45, 2.75) is 6.61 Å². The third kappa shape index (κ3) is 4.15. The number of aromatic nitrogens is 2. The van der Waals surface area contributed by atoms with Crippen LogP contribution in [0, 0.1) is 5.82 Å². The maximum atomic E-state index is 13.9. The summed E-state index contributed by atoms with van der Waals surface area (Å²) in [7, 11) is 1.44. The van der Waals surface area contributed by atoms with E-state index in [4.69, 9.17) is 9.47 Å². The van der Waals surface area contributed by atoms with E-state index in [9.17, 15) is 9.18 Å². The molecule has 2 aromatic carbocycles. The molecule has 0 fully saturated rings. The van der Waals surface area contributed by atoms with Crippen molar-refractivity contribution in [2.24, 2.45) is 0 Å². The molecule has 2 N–H and O–H groups in total. The van der Waals surface area contributed by atoms with Crippen molar-refractivity contribution in [3.63, 3.8) is 0 Å². The van der Waals surface area contributed by atoms with Gasteiger partial charge in [-0.25, -0.2) is 4.39 Å². The maximum Gasteiger partial charge on any atom is 0.251 e. The van der Waals surface area contributed by atoms with Crippen LogP contribution in [0.4, 0.5) is 10.2 Å². The number of nitrogens with zero attached hydrogens (tertiary/aromatic N) is 1. The molecular formula is C17H15BrFN3O3. The first-order chi connectivity index (χ1) is 12.1. The number of amides is 1. The van der Waals surface area contributed by atoms with E-state index >= 15 is 0 Å². The summed E-state index contributed by atoms with van der Waals surface area (Å²) in [5.41, 5.74) is 1.19. The van der Waals surface area contributed by atoms with E-state index in [2.05, 4.69) is 31.4 Å². The molecule has 0 aliphatic heterocycles. The zero-order chi connectivity index (χ0) is 17.8. The van der Waals surface area contributed by atoms with Crippen LogP contribution in [0.2, 0.25) is 0 Å². The number of benzene rings is 2. The van der Waals surface area contributed by atoms with E-state index < -0.39 is 0 Å². The number of rotatable bonds is 6. The lowest BCUT2D eigenvalue weighted by molar-refractivity contribution is -0.119. The summed E-state index contributed by atoms with van der Waals surface area (Å²) in [6.07, 6.45) is 0. The van der Waals surface area contributed by atoms with Crippen LogP contribution in [0.1, 0.15) is 5.56 Å². The minimum absolute atomic E-state index is 0.0621. The molecule has 130 valence electrons. The van der Waals surface area contributed by atoms with Gasteiger partial charge in [0.1, 0.15) is 24.8 Å². The van der Waals surface area contributed by atoms with E-state index in [1.807, 2.05) is 0 Å². The molecule has 0 saturated heterocycles. The minimum Gasteiger partial charge on any atom is -0.489 e. The SMILES string of the molecule is COCC(=O)Nc1n[nH]c2ccc(OCc3ccc(Br)cc3F)cc12. The second-order valence-electron chi connectivity index (χ2n) is 5.29. The molecule has 0 atom stereocenters. The van der Waals surface area contributed by atoms with Crippen LogP contribution < -0.4 is 10.1 Å². The molecule has 3 aromatic rings. The second kappa shape index (κ2) is 7.62. The van der Waals surface area contributed by atoms with Crippen molar-refractivity contribution in [3.8, 4) is 5.75 Å². The number of hydrogen-bond donors (Lipinski definition) is 2. The predicted octanol–water partition coefficient (Wildman–Crippen LogP) is 3.63. The second-order valence-corrected chi connectivity index (χ2v) is 6.20. The molecule has 0 saturated carbocycles. The van der Waals surface area contributed by atoms with Gasteiger partial charge in [0.05, 0.1) is 5.52 Å². The van der Waals surface area contributed by atoms with Crippen LogP contribution in [-0.2, 0) is 16.1 Å². The Hall–Kier alpha value is -2.45. The molecule has 0 aliphatic carbocycles. The Morgan fingerprint density at radius 3 is 2.92 bits per heavy atom. The molecule has 25 heavy (non-hydrogen) atoms. The number of fused-ring (bicyclic) bond motifs is 1. The summed E-state index contributed by atoms with van der Waals surface area (Å²) in [6.45, 7) is 0.0290. The van der Waals surface area contributed by atoms with Crippen molar-refractivity contribution in [1.82, 2.24) is 10.2 Å². The quantitative estimate of drug-likeness (QED) is 0.653. The minimum atomic E-state index is -0.341. The van der Waals surface area contributed by atoms with Gasteiger partial charge in [0, 0.05) is 22.5 Å². The Balaban J connectivity index is 1.77. The highest BCUT2D eigenvalue weighted by Gasteiger charge is 2.11. The van der Waals surface area contributed by atoms with Gasteiger partial charge in [-0.1, -0.05) is 22.0 Å². The summed E-state index contributed by atoms with van der Waals surface area (Å²) >= 11 is 3.22. The number of carbonyl (C=O) groups is 1. The Labute approximate surface area is 151 Å². The van der Waals surface area contributed by atoms with Gasteiger partial charge in [0.25, 0.3) is 5.91 Å². The molecule has 0 radical (unpaired) electrons. The molecule has 0 unspecified atom stereocenters. The fourth-order valence-corrected chi connectivity index (χ4v) is 2.61. The monoisotopic (exact) mass is 407 g/mol. The molecule has 1 amide bonds. The fourth-order valence-electron chi connectivity index (χ4n) is 2.28.